The molecule has 1 atom stereocenters. The lowest BCUT2D eigenvalue weighted by Gasteiger charge is -2.24. The molecule has 106 valence electrons. The Kier molecular flexibility index (Phi) is 5.41. The second-order valence-corrected chi connectivity index (χ2v) is 5.64. The summed E-state index contributed by atoms with van der Waals surface area (Å²) in [5.41, 5.74) is 4.03. The highest BCUT2D eigenvalue weighted by Crippen LogP contribution is 2.25. The molecule has 0 aromatic heterocycles. The van der Waals surface area contributed by atoms with Gasteiger partial charge in [-0.3, -0.25) is 0 Å². The molecule has 2 nitrogen and oxygen atoms in total. The van der Waals surface area contributed by atoms with Crippen molar-refractivity contribution in [1.29, 1.82) is 0 Å². The van der Waals surface area contributed by atoms with Gasteiger partial charge in [0.2, 0.25) is 0 Å². The standard InChI is InChI=1S/C17H27NO/c1-3-5-11-18(4-2)13-17(19)16-10-9-14-7-6-8-15(14)12-16/h9-10,12,17,19H,3-8,11,13H2,1-2H3. The van der Waals surface area contributed by atoms with Gasteiger partial charge in [0.05, 0.1) is 6.10 Å². The van der Waals surface area contributed by atoms with Crippen molar-refractivity contribution in [3.05, 3.63) is 34.9 Å². The fourth-order valence-corrected chi connectivity index (χ4v) is 2.91. The van der Waals surface area contributed by atoms with Crippen LogP contribution in [0.1, 0.15) is 55.9 Å². The van der Waals surface area contributed by atoms with Crippen LogP contribution in [0, 0.1) is 0 Å². The summed E-state index contributed by atoms with van der Waals surface area (Å²) in [6.07, 6.45) is 5.75. The van der Waals surface area contributed by atoms with Gasteiger partial charge < -0.3 is 10.0 Å². The van der Waals surface area contributed by atoms with Crippen LogP contribution in [0.3, 0.4) is 0 Å². The highest BCUT2D eigenvalue weighted by Gasteiger charge is 2.16. The number of hydrogen-bond donors (Lipinski definition) is 1. The van der Waals surface area contributed by atoms with Gasteiger partial charge in [-0.15, -0.1) is 0 Å². The largest absolute Gasteiger partial charge is 0.387 e. The van der Waals surface area contributed by atoms with E-state index >= 15 is 0 Å². The molecule has 1 aromatic carbocycles. The fourth-order valence-electron chi connectivity index (χ4n) is 2.91. The minimum atomic E-state index is -0.345. The molecule has 0 saturated heterocycles. The smallest absolute Gasteiger partial charge is 0.0917 e. The van der Waals surface area contributed by atoms with E-state index in [1.165, 1.54) is 43.2 Å². The van der Waals surface area contributed by atoms with Gasteiger partial charge in [0.15, 0.2) is 0 Å². The molecule has 2 heteroatoms. The van der Waals surface area contributed by atoms with Crippen molar-refractivity contribution < 1.29 is 5.11 Å². The first kappa shape index (κ1) is 14.5. The summed E-state index contributed by atoms with van der Waals surface area (Å²) in [7, 11) is 0. The summed E-state index contributed by atoms with van der Waals surface area (Å²) >= 11 is 0. The van der Waals surface area contributed by atoms with Gasteiger partial charge in [0.25, 0.3) is 0 Å². The number of aliphatic hydroxyl groups excluding tert-OH is 1. The topological polar surface area (TPSA) is 23.5 Å². The predicted molar refractivity (Wildman–Crippen MR) is 80.4 cm³/mol. The number of hydrogen-bond acceptors (Lipinski definition) is 2. The fraction of sp³-hybridized carbons (Fsp3) is 0.647. The molecule has 19 heavy (non-hydrogen) atoms. The van der Waals surface area contributed by atoms with Crippen molar-refractivity contribution in [3.63, 3.8) is 0 Å². The van der Waals surface area contributed by atoms with E-state index in [0.717, 1.165) is 25.2 Å². The molecule has 1 aliphatic carbocycles. The number of nitrogens with zero attached hydrogens (tertiary/aromatic N) is 1. The molecule has 0 saturated carbocycles. The van der Waals surface area contributed by atoms with E-state index in [-0.39, 0.29) is 6.10 Å². The van der Waals surface area contributed by atoms with Crippen molar-refractivity contribution in [3.8, 4) is 0 Å². The lowest BCUT2D eigenvalue weighted by molar-refractivity contribution is 0.115. The van der Waals surface area contributed by atoms with Crippen LogP contribution in [-0.4, -0.2) is 29.6 Å². The number of rotatable bonds is 7. The molecule has 0 radical (unpaired) electrons. The van der Waals surface area contributed by atoms with Gasteiger partial charge in [-0.1, -0.05) is 38.5 Å². The summed E-state index contributed by atoms with van der Waals surface area (Å²) in [6.45, 7) is 7.25. The van der Waals surface area contributed by atoms with Crippen molar-refractivity contribution in [2.75, 3.05) is 19.6 Å². The maximum Gasteiger partial charge on any atom is 0.0917 e. The maximum absolute atomic E-state index is 10.4. The molecule has 1 N–H and O–H groups in total. The Balaban J connectivity index is 1.96. The van der Waals surface area contributed by atoms with Crippen LogP contribution >= 0.6 is 0 Å². The second kappa shape index (κ2) is 7.06. The van der Waals surface area contributed by atoms with Crippen LogP contribution in [-0.2, 0) is 12.8 Å². The quantitative estimate of drug-likeness (QED) is 0.814. The molecule has 0 heterocycles. The van der Waals surface area contributed by atoms with Crippen LogP contribution < -0.4 is 0 Å². The lowest BCUT2D eigenvalue weighted by Crippen LogP contribution is -2.29. The Bertz CT molecular complexity index is 402. The van der Waals surface area contributed by atoms with Crippen LogP contribution in [0.4, 0.5) is 0 Å². The summed E-state index contributed by atoms with van der Waals surface area (Å²) in [6, 6.07) is 6.55. The van der Waals surface area contributed by atoms with E-state index in [0.29, 0.717) is 0 Å². The van der Waals surface area contributed by atoms with Crippen LogP contribution in [0.15, 0.2) is 18.2 Å². The van der Waals surface area contributed by atoms with Gasteiger partial charge in [0.1, 0.15) is 0 Å². The first-order valence-corrected chi connectivity index (χ1v) is 7.76. The monoisotopic (exact) mass is 261 g/mol. The molecule has 2 rings (SSSR count). The minimum Gasteiger partial charge on any atom is -0.387 e. The third-order valence-electron chi connectivity index (χ3n) is 4.21. The van der Waals surface area contributed by atoms with E-state index in [4.69, 9.17) is 0 Å². The molecule has 1 aliphatic rings. The summed E-state index contributed by atoms with van der Waals surface area (Å²) in [5, 5.41) is 10.4. The zero-order valence-corrected chi connectivity index (χ0v) is 12.4. The van der Waals surface area contributed by atoms with Crippen molar-refractivity contribution in [2.45, 2.75) is 52.1 Å². The first-order chi connectivity index (χ1) is 9.24. The number of benzene rings is 1. The number of fused-ring (bicyclic) bond motifs is 1. The molecule has 0 aliphatic heterocycles. The highest BCUT2D eigenvalue weighted by atomic mass is 16.3. The first-order valence-electron chi connectivity index (χ1n) is 7.76. The van der Waals surface area contributed by atoms with E-state index in [2.05, 4.69) is 36.9 Å². The van der Waals surface area contributed by atoms with Crippen LogP contribution in [0.2, 0.25) is 0 Å². The van der Waals surface area contributed by atoms with Gasteiger partial charge in [0, 0.05) is 6.54 Å². The Morgan fingerprint density at radius 2 is 2.00 bits per heavy atom. The van der Waals surface area contributed by atoms with E-state index in [1.807, 2.05) is 0 Å². The lowest BCUT2D eigenvalue weighted by atomic mass is 10.0. The third-order valence-corrected chi connectivity index (χ3v) is 4.21. The molecule has 1 unspecified atom stereocenters. The Morgan fingerprint density at radius 3 is 2.74 bits per heavy atom. The maximum atomic E-state index is 10.4. The molecular formula is C17H27NO. The predicted octanol–water partition coefficient (Wildman–Crippen LogP) is 3.33. The summed E-state index contributed by atoms with van der Waals surface area (Å²) < 4.78 is 0. The van der Waals surface area contributed by atoms with E-state index < -0.39 is 0 Å². The second-order valence-electron chi connectivity index (χ2n) is 5.64. The van der Waals surface area contributed by atoms with Crippen molar-refractivity contribution >= 4 is 0 Å². The Morgan fingerprint density at radius 1 is 1.21 bits per heavy atom. The molecular weight excluding hydrogens is 234 g/mol. The van der Waals surface area contributed by atoms with Gasteiger partial charge in [-0.25, -0.2) is 0 Å². The molecule has 0 bridgehead atoms. The van der Waals surface area contributed by atoms with E-state index in [9.17, 15) is 5.11 Å². The normalized spacial score (nSPS) is 15.8. The van der Waals surface area contributed by atoms with E-state index in [1.54, 1.807) is 0 Å². The van der Waals surface area contributed by atoms with Crippen LogP contribution in [0.5, 0.6) is 0 Å². The van der Waals surface area contributed by atoms with Gasteiger partial charge in [-0.2, -0.15) is 0 Å². The number of unbranched alkanes of at least 4 members (excludes halogenated alkanes) is 1. The van der Waals surface area contributed by atoms with Gasteiger partial charge >= 0.3 is 0 Å². The zero-order chi connectivity index (χ0) is 13.7. The summed E-state index contributed by atoms with van der Waals surface area (Å²) in [5.74, 6) is 0. The minimum absolute atomic E-state index is 0.345. The Hall–Kier alpha value is -0.860. The Labute approximate surface area is 117 Å². The van der Waals surface area contributed by atoms with Crippen molar-refractivity contribution in [1.82, 2.24) is 4.90 Å². The van der Waals surface area contributed by atoms with Crippen LogP contribution in [0.25, 0.3) is 0 Å². The van der Waals surface area contributed by atoms with Gasteiger partial charge in [-0.05, 0) is 55.5 Å². The highest BCUT2D eigenvalue weighted by molar-refractivity contribution is 5.36. The molecule has 0 spiro atoms. The zero-order valence-electron chi connectivity index (χ0n) is 12.4. The number of aliphatic hydroxyl groups is 1. The number of likely N-dealkylation sites (N-methyl/N-ethyl adjacent to an activating group) is 1. The molecule has 0 amide bonds. The third kappa shape index (κ3) is 3.80. The molecule has 0 fully saturated rings. The summed E-state index contributed by atoms with van der Waals surface area (Å²) in [4.78, 5) is 2.35. The average molecular weight is 261 g/mol. The average Bonchev–Trinajstić information content (AvgIpc) is 2.90. The van der Waals surface area contributed by atoms with Crippen molar-refractivity contribution in [2.24, 2.45) is 0 Å². The molecule has 1 aromatic rings. The SMILES string of the molecule is CCCCN(CC)CC(O)c1ccc2c(c1)CCC2. The number of aryl methyl sites for hydroxylation is 2.